The van der Waals surface area contributed by atoms with Crippen molar-refractivity contribution in [3.63, 3.8) is 0 Å². The van der Waals surface area contributed by atoms with E-state index >= 15 is 0 Å². The van der Waals surface area contributed by atoms with E-state index in [-0.39, 0.29) is 11.3 Å². The molecule has 0 aliphatic carbocycles. The zero-order valence-electron chi connectivity index (χ0n) is 15.0. The summed E-state index contributed by atoms with van der Waals surface area (Å²) in [5.74, 6) is -1.55. The van der Waals surface area contributed by atoms with Crippen LogP contribution in [0.5, 0.6) is 0 Å². The fraction of sp³-hybridized carbons (Fsp3) is 0. The first-order valence-corrected chi connectivity index (χ1v) is 10.1. The average molecular weight is 518 g/mol. The average Bonchev–Trinajstić information content (AvgIpc) is 2.71. The van der Waals surface area contributed by atoms with Crippen LogP contribution in [0.4, 0.5) is 10.1 Å². The van der Waals surface area contributed by atoms with Gasteiger partial charge in [0.2, 0.25) is 0 Å². The molecule has 2 amide bonds. The van der Waals surface area contributed by atoms with E-state index in [0.29, 0.717) is 11.3 Å². The maximum absolute atomic E-state index is 14.1. The molecule has 0 radical (unpaired) electrons. The summed E-state index contributed by atoms with van der Waals surface area (Å²) in [6.45, 7) is 0. The van der Waals surface area contributed by atoms with Crippen molar-refractivity contribution in [1.29, 1.82) is 0 Å². The van der Waals surface area contributed by atoms with Crippen LogP contribution in [-0.2, 0) is 4.79 Å². The summed E-state index contributed by atoms with van der Waals surface area (Å²) in [7, 11) is 0. The monoisotopic (exact) mass is 516 g/mol. The summed E-state index contributed by atoms with van der Waals surface area (Å²) in [5, 5.41) is 5.28. The lowest BCUT2D eigenvalue weighted by Crippen LogP contribution is -2.30. The highest BCUT2D eigenvalue weighted by molar-refractivity contribution is 9.10. The van der Waals surface area contributed by atoms with Gasteiger partial charge in [-0.2, -0.15) is 0 Å². The Morgan fingerprint density at radius 2 is 1.41 bits per heavy atom. The molecule has 0 bridgehead atoms. The van der Waals surface area contributed by atoms with E-state index in [1.165, 1.54) is 18.2 Å². The molecule has 7 heteroatoms. The number of benzene rings is 3. The Bertz CT molecular complexity index is 1060. The SMILES string of the molecule is O=C(Nc1ccc(Br)cc1)/C(=C/c1ccccc1F)NC(=O)c1ccc(Br)cc1. The number of carbonyl (C=O) groups excluding carboxylic acids is 2. The molecule has 0 aliphatic heterocycles. The van der Waals surface area contributed by atoms with Crippen LogP contribution in [0.15, 0.2) is 87.4 Å². The van der Waals surface area contributed by atoms with Gasteiger partial charge in [-0.25, -0.2) is 4.39 Å². The van der Waals surface area contributed by atoms with Crippen LogP contribution in [0.2, 0.25) is 0 Å². The second kappa shape index (κ2) is 9.62. The number of rotatable bonds is 5. The highest BCUT2D eigenvalue weighted by Gasteiger charge is 2.16. The Morgan fingerprint density at radius 3 is 2.03 bits per heavy atom. The van der Waals surface area contributed by atoms with Crippen molar-refractivity contribution in [2.45, 2.75) is 0 Å². The van der Waals surface area contributed by atoms with Crippen LogP contribution in [0.3, 0.4) is 0 Å². The molecule has 0 atom stereocenters. The molecule has 2 N–H and O–H groups in total. The van der Waals surface area contributed by atoms with Crippen molar-refractivity contribution in [3.8, 4) is 0 Å². The van der Waals surface area contributed by atoms with E-state index in [0.717, 1.165) is 8.95 Å². The molecule has 0 unspecified atom stereocenters. The first kappa shape index (κ1) is 21.0. The first-order valence-electron chi connectivity index (χ1n) is 8.52. The summed E-state index contributed by atoms with van der Waals surface area (Å²) in [4.78, 5) is 25.4. The van der Waals surface area contributed by atoms with Gasteiger partial charge < -0.3 is 10.6 Å². The molecule has 0 aromatic heterocycles. The van der Waals surface area contributed by atoms with Crippen LogP contribution in [0.1, 0.15) is 15.9 Å². The van der Waals surface area contributed by atoms with Crippen LogP contribution in [0, 0.1) is 5.82 Å². The topological polar surface area (TPSA) is 58.2 Å². The lowest BCUT2D eigenvalue weighted by molar-refractivity contribution is -0.113. The number of amides is 2. The van der Waals surface area contributed by atoms with Gasteiger partial charge in [0.25, 0.3) is 11.8 Å². The van der Waals surface area contributed by atoms with Crippen molar-refractivity contribution in [2.24, 2.45) is 0 Å². The minimum absolute atomic E-state index is 0.0778. The van der Waals surface area contributed by atoms with Crippen LogP contribution < -0.4 is 10.6 Å². The summed E-state index contributed by atoms with van der Waals surface area (Å²) in [5.41, 5.74) is 1.01. The highest BCUT2D eigenvalue weighted by atomic mass is 79.9. The standard InChI is InChI=1S/C22H15Br2FN2O2/c23-16-7-5-14(6-8-16)21(28)27-20(13-15-3-1-2-4-19(15)25)22(29)26-18-11-9-17(24)10-12-18/h1-13H,(H,26,29)(H,27,28)/b20-13-. The van der Waals surface area contributed by atoms with Gasteiger partial charge in [-0.3, -0.25) is 9.59 Å². The van der Waals surface area contributed by atoms with Crippen molar-refractivity contribution < 1.29 is 14.0 Å². The van der Waals surface area contributed by atoms with Gasteiger partial charge in [0.15, 0.2) is 0 Å². The molecular weight excluding hydrogens is 503 g/mol. The van der Waals surface area contributed by atoms with E-state index in [4.69, 9.17) is 0 Å². The fourth-order valence-electron chi connectivity index (χ4n) is 2.43. The minimum atomic E-state index is -0.568. The smallest absolute Gasteiger partial charge is 0.272 e. The number of hydrogen-bond acceptors (Lipinski definition) is 2. The van der Waals surface area contributed by atoms with Gasteiger partial charge in [0, 0.05) is 25.8 Å². The molecule has 146 valence electrons. The van der Waals surface area contributed by atoms with Gasteiger partial charge in [0.05, 0.1) is 0 Å². The summed E-state index contributed by atoms with van der Waals surface area (Å²) in [6.07, 6.45) is 1.31. The second-order valence-corrected chi connectivity index (χ2v) is 7.83. The third-order valence-electron chi connectivity index (χ3n) is 3.91. The number of carbonyl (C=O) groups is 2. The van der Waals surface area contributed by atoms with Gasteiger partial charge >= 0.3 is 0 Å². The lowest BCUT2D eigenvalue weighted by Gasteiger charge is -2.12. The fourth-order valence-corrected chi connectivity index (χ4v) is 2.96. The van der Waals surface area contributed by atoms with Gasteiger partial charge in [0.1, 0.15) is 11.5 Å². The lowest BCUT2D eigenvalue weighted by atomic mass is 10.1. The summed E-state index contributed by atoms with van der Waals surface area (Å²) >= 11 is 6.64. The molecule has 29 heavy (non-hydrogen) atoms. The highest BCUT2D eigenvalue weighted by Crippen LogP contribution is 2.17. The molecule has 0 saturated heterocycles. The third kappa shape index (κ3) is 5.85. The zero-order valence-corrected chi connectivity index (χ0v) is 18.1. The number of hydrogen-bond donors (Lipinski definition) is 2. The van der Waals surface area contributed by atoms with Crippen molar-refractivity contribution in [1.82, 2.24) is 5.32 Å². The van der Waals surface area contributed by atoms with E-state index in [2.05, 4.69) is 42.5 Å². The Labute approximate surface area is 184 Å². The Morgan fingerprint density at radius 1 is 0.828 bits per heavy atom. The third-order valence-corrected chi connectivity index (χ3v) is 4.96. The maximum Gasteiger partial charge on any atom is 0.272 e. The molecule has 3 aromatic carbocycles. The number of anilines is 1. The Hall–Kier alpha value is -2.77. The number of nitrogens with one attached hydrogen (secondary N) is 2. The molecule has 3 rings (SSSR count). The normalized spacial score (nSPS) is 11.1. The summed E-state index contributed by atoms with van der Waals surface area (Å²) < 4.78 is 15.8. The molecule has 0 aliphatic rings. The van der Waals surface area contributed by atoms with Crippen molar-refractivity contribution in [3.05, 3.63) is 104 Å². The van der Waals surface area contributed by atoms with Gasteiger partial charge in [-0.15, -0.1) is 0 Å². The Kier molecular flexibility index (Phi) is 6.95. The molecule has 0 spiro atoms. The van der Waals surface area contributed by atoms with Gasteiger partial charge in [-0.05, 0) is 60.7 Å². The minimum Gasteiger partial charge on any atom is -0.321 e. The predicted molar refractivity (Wildman–Crippen MR) is 119 cm³/mol. The van der Waals surface area contributed by atoms with Crippen LogP contribution in [-0.4, -0.2) is 11.8 Å². The van der Waals surface area contributed by atoms with Gasteiger partial charge in [-0.1, -0.05) is 50.1 Å². The quantitative estimate of drug-likeness (QED) is 0.423. The molecule has 0 heterocycles. The van der Waals surface area contributed by atoms with E-state index in [1.54, 1.807) is 60.7 Å². The van der Waals surface area contributed by atoms with E-state index < -0.39 is 17.6 Å². The van der Waals surface area contributed by atoms with Crippen molar-refractivity contribution in [2.75, 3.05) is 5.32 Å². The molecule has 0 fully saturated rings. The van der Waals surface area contributed by atoms with E-state index in [1.807, 2.05) is 0 Å². The molecule has 3 aromatic rings. The molecular formula is C22H15Br2FN2O2. The Balaban J connectivity index is 1.89. The predicted octanol–water partition coefficient (Wildman–Crippen LogP) is 5.76. The van der Waals surface area contributed by atoms with Crippen LogP contribution in [0.25, 0.3) is 6.08 Å². The molecule has 4 nitrogen and oxygen atoms in total. The maximum atomic E-state index is 14.1. The zero-order chi connectivity index (χ0) is 20.8. The first-order chi connectivity index (χ1) is 13.9. The second-order valence-electron chi connectivity index (χ2n) is 6.00. The van der Waals surface area contributed by atoms with Crippen molar-refractivity contribution >= 4 is 55.4 Å². The van der Waals surface area contributed by atoms with E-state index in [9.17, 15) is 14.0 Å². The molecule has 0 saturated carbocycles. The summed E-state index contributed by atoms with van der Waals surface area (Å²) in [6, 6.07) is 19.6. The van der Waals surface area contributed by atoms with Crippen LogP contribution >= 0.6 is 31.9 Å². The largest absolute Gasteiger partial charge is 0.321 e. The number of halogens is 3.